The third-order valence-corrected chi connectivity index (χ3v) is 2.82. The zero-order valence-electron chi connectivity index (χ0n) is 20.0. The third kappa shape index (κ3) is 23.5. The molecule has 0 radical (unpaired) electrons. The number of rotatable bonds is 10. The Morgan fingerprint density at radius 3 is 2.06 bits per heavy atom. The van der Waals surface area contributed by atoms with Gasteiger partial charge in [-0.15, -0.1) is 0 Å². The number of hydroxylamine groups is 2. The minimum absolute atomic E-state index is 0.0985. The van der Waals surface area contributed by atoms with Gasteiger partial charge >= 0.3 is 5.97 Å². The zero-order chi connectivity index (χ0) is 25.5. The van der Waals surface area contributed by atoms with Crippen molar-refractivity contribution in [3.05, 3.63) is 35.4 Å². The smallest absolute Gasteiger partial charge is 0.335 e. The van der Waals surface area contributed by atoms with E-state index < -0.39 is 18.0 Å². The van der Waals surface area contributed by atoms with Crippen LogP contribution in [0, 0.1) is 18.8 Å². The van der Waals surface area contributed by atoms with Crippen molar-refractivity contribution in [1.29, 1.82) is 0 Å². The first-order valence-electron chi connectivity index (χ1n) is 9.99. The van der Waals surface area contributed by atoms with Gasteiger partial charge in [-0.25, -0.2) is 15.8 Å². The number of amides is 2. The standard InChI is InChI=1S/C14H19NO4.C4H10.C3H5NO3.CH4O/c1-9(2)7-12(14(17)18)19-15-13(16)11-6-4-5-10(3)8-11;1-4(2)3;5-1-2-7-4-3-6;1-2/h4-6,8-9,12H,7H2,1-3H3,(H,15,16)(H,17,18);4H,1-3H3;1,3H,2H2,(H,4,6);2H,1H3. The van der Waals surface area contributed by atoms with Crippen molar-refractivity contribution < 1.29 is 39.1 Å². The first kappa shape index (κ1) is 33.8. The molecule has 0 saturated carbocycles. The Hall–Kier alpha value is -2.82. The Kier molecular flexibility index (Phi) is 24.1. The predicted molar refractivity (Wildman–Crippen MR) is 120 cm³/mol. The van der Waals surface area contributed by atoms with Crippen molar-refractivity contribution in [2.24, 2.45) is 11.8 Å². The molecule has 0 heterocycles. The first-order chi connectivity index (χ1) is 15.0. The minimum atomic E-state index is -1.08. The average Bonchev–Trinajstić information content (AvgIpc) is 2.72. The Bertz CT molecular complexity index is 625. The summed E-state index contributed by atoms with van der Waals surface area (Å²) in [6.45, 7) is 12.1. The van der Waals surface area contributed by atoms with E-state index in [9.17, 15) is 19.2 Å². The molecule has 0 aliphatic rings. The van der Waals surface area contributed by atoms with Gasteiger partial charge < -0.3 is 15.0 Å². The summed E-state index contributed by atoms with van der Waals surface area (Å²) in [7, 11) is 1.00. The molecule has 1 atom stereocenters. The van der Waals surface area contributed by atoms with E-state index in [-0.39, 0.29) is 12.5 Å². The summed E-state index contributed by atoms with van der Waals surface area (Å²) in [6.07, 6.45) is 0.192. The first-order valence-corrected chi connectivity index (χ1v) is 9.99. The third-order valence-electron chi connectivity index (χ3n) is 2.82. The second kappa shape index (κ2) is 22.9. The van der Waals surface area contributed by atoms with Crippen molar-refractivity contribution in [1.82, 2.24) is 11.0 Å². The molecule has 10 heteroatoms. The molecule has 2 amide bonds. The highest BCUT2D eigenvalue weighted by Gasteiger charge is 2.21. The summed E-state index contributed by atoms with van der Waals surface area (Å²) < 4.78 is 0. The maximum atomic E-state index is 11.8. The van der Waals surface area contributed by atoms with E-state index in [1.54, 1.807) is 18.2 Å². The second-order valence-corrected chi connectivity index (χ2v) is 7.32. The number of hydrogen-bond acceptors (Lipinski definition) is 7. The van der Waals surface area contributed by atoms with Crippen LogP contribution in [-0.4, -0.2) is 54.6 Å². The summed E-state index contributed by atoms with van der Waals surface area (Å²) in [5, 5.41) is 16.0. The fourth-order valence-corrected chi connectivity index (χ4v) is 1.71. The summed E-state index contributed by atoms with van der Waals surface area (Å²) in [5.74, 6) is -0.533. The second-order valence-electron chi connectivity index (χ2n) is 7.32. The molecule has 0 aliphatic heterocycles. The van der Waals surface area contributed by atoms with Crippen LogP contribution in [0.15, 0.2) is 24.3 Å². The molecule has 0 aromatic heterocycles. The average molecular weight is 459 g/mol. The molecular weight excluding hydrogens is 420 g/mol. The van der Waals surface area contributed by atoms with E-state index in [2.05, 4.69) is 31.1 Å². The molecule has 1 aromatic carbocycles. The molecule has 1 aromatic rings. The Labute approximate surface area is 190 Å². The number of hydrogen-bond donors (Lipinski definition) is 4. The van der Waals surface area contributed by atoms with Gasteiger partial charge in [0.1, 0.15) is 12.9 Å². The monoisotopic (exact) mass is 458 g/mol. The molecular formula is C22H38N2O8. The van der Waals surface area contributed by atoms with Gasteiger partial charge in [-0.3, -0.25) is 19.3 Å². The molecule has 4 N–H and O–H groups in total. The molecule has 0 fully saturated rings. The van der Waals surface area contributed by atoms with Gasteiger partial charge in [0.25, 0.3) is 5.91 Å². The van der Waals surface area contributed by atoms with Crippen molar-refractivity contribution in [2.75, 3.05) is 13.7 Å². The summed E-state index contributed by atoms with van der Waals surface area (Å²) in [5.41, 5.74) is 5.42. The maximum Gasteiger partial charge on any atom is 0.335 e. The topological polar surface area (TPSA) is 151 Å². The van der Waals surface area contributed by atoms with Crippen LogP contribution in [-0.2, 0) is 24.1 Å². The van der Waals surface area contributed by atoms with Gasteiger partial charge in [-0.05, 0) is 37.3 Å². The van der Waals surface area contributed by atoms with E-state index in [0.29, 0.717) is 24.7 Å². The lowest BCUT2D eigenvalue weighted by molar-refractivity contribution is -0.155. The van der Waals surface area contributed by atoms with Crippen LogP contribution >= 0.6 is 0 Å². The largest absolute Gasteiger partial charge is 0.479 e. The van der Waals surface area contributed by atoms with E-state index in [1.807, 2.05) is 32.3 Å². The number of aldehydes is 1. The van der Waals surface area contributed by atoms with Crippen LogP contribution < -0.4 is 11.0 Å². The number of aliphatic hydroxyl groups is 1. The Morgan fingerprint density at radius 2 is 1.66 bits per heavy atom. The summed E-state index contributed by atoms with van der Waals surface area (Å²) in [4.78, 5) is 50.6. The van der Waals surface area contributed by atoms with Gasteiger partial charge in [0.2, 0.25) is 6.41 Å². The normalized spacial score (nSPS) is 10.2. The van der Waals surface area contributed by atoms with Gasteiger partial charge in [0, 0.05) is 12.7 Å². The maximum absolute atomic E-state index is 11.8. The van der Waals surface area contributed by atoms with E-state index in [4.69, 9.17) is 15.1 Å². The lowest BCUT2D eigenvalue weighted by Gasteiger charge is -2.15. The van der Waals surface area contributed by atoms with Gasteiger partial charge in [0.05, 0.1) is 0 Å². The van der Waals surface area contributed by atoms with E-state index >= 15 is 0 Å². The van der Waals surface area contributed by atoms with Crippen LogP contribution in [0.1, 0.15) is 57.0 Å². The van der Waals surface area contributed by atoms with Crippen LogP contribution in [0.25, 0.3) is 0 Å². The number of nitrogens with one attached hydrogen (secondary N) is 2. The molecule has 1 unspecified atom stereocenters. The predicted octanol–water partition coefficient (Wildman–Crippen LogP) is 2.29. The Morgan fingerprint density at radius 1 is 1.09 bits per heavy atom. The van der Waals surface area contributed by atoms with Gasteiger partial charge in [0.15, 0.2) is 6.10 Å². The Balaban J connectivity index is -0.000000534. The van der Waals surface area contributed by atoms with Crippen molar-refractivity contribution >= 4 is 24.6 Å². The molecule has 0 saturated heterocycles. The molecule has 1 rings (SSSR count). The lowest BCUT2D eigenvalue weighted by Crippen LogP contribution is -2.35. The minimum Gasteiger partial charge on any atom is -0.479 e. The zero-order valence-corrected chi connectivity index (χ0v) is 20.0. The van der Waals surface area contributed by atoms with Crippen LogP contribution in [0.2, 0.25) is 0 Å². The highest BCUT2D eigenvalue weighted by molar-refractivity contribution is 5.93. The summed E-state index contributed by atoms with van der Waals surface area (Å²) in [6, 6.07) is 6.98. The molecule has 0 bridgehead atoms. The molecule has 0 spiro atoms. The number of aliphatic hydroxyl groups excluding tert-OH is 1. The van der Waals surface area contributed by atoms with Crippen molar-refractivity contribution in [3.63, 3.8) is 0 Å². The number of carbonyl (C=O) groups is 4. The number of carboxylic acid groups (broad SMARTS) is 1. The number of carbonyl (C=O) groups excluding carboxylic acids is 3. The highest BCUT2D eigenvalue weighted by Crippen LogP contribution is 2.08. The van der Waals surface area contributed by atoms with Gasteiger partial charge in [-0.1, -0.05) is 52.3 Å². The van der Waals surface area contributed by atoms with E-state index in [0.717, 1.165) is 18.6 Å². The van der Waals surface area contributed by atoms with Crippen molar-refractivity contribution in [3.8, 4) is 0 Å². The van der Waals surface area contributed by atoms with Crippen molar-refractivity contribution in [2.45, 2.75) is 54.1 Å². The number of benzene rings is 1. The number of aliphatic carboxylic acids is 1. The lowest BCUT2D eigenvalue weighted by atomic mass is 10.1. The quantitative estimate of drug-likeness (QED) is 0.237. The van der Waals surface area contributed by atoms with E-state index in [1.165, 1.54) is 0 Å². The molecule has 10 nitrogen and oxygen atoms in total. The van der Waals surface area contributed by atoms with Crippen LogP contribution in [0.5, 0.6) is 0 Å². The molecule has 32 heavy (non-hydrogen) atoms. The highest BCUT2D eigenvalue weighted by atomic mass is 16.7. The van der Waals surface area contributed by atoms with Crippen LogP contribution in [0.3, 0.4) is 0 Å². The van der Waals surface area contributed by atoms with Gasteiger partial charge in [-0.2, -0.15) is 0 Å². The number of carboxylic acids is 1. The number of aryl methyl sites for hydroxylation is 1. The summed E-state index contributed by atoms with van der Waals surface area (Å²) >= 11 is 0. The molecule has 184 valence electrons. The fourth-order valence-electron chi connectivity index (χ4n) is 1.71. The SMILES string of the molecule is CC(C)C.CO.Cc1cccc(C(=O)NOC(CC(C)C)C(=O)O)c1.O=CCONC=O. The molecule has 0 aliphatic carbocycles. The van der Waals surface area contributed by atoms with Crippen LogP contribution in [0.4, 0.5) is 0 Å². The fraction of sp³-hybridized carbons (Fsp3) is 0.545.